The Balaban J connectivity index is 1.49. The van der Waals surface area contributed by atoms with E-state index in [9.17, 15) is 14.4 Å². The quantitative estimate of drug-likeness (QED) is 0.511. The largest absolute Gasteiger partial charge is 0.462 e. The molecule has 2 aliphatic rings. The van der Waals surface area contributed by atoms with Gasteiger partial charge >= 0.3 is 5.97 Å². The van der Waals surface area contributed by atoms with Crippen molar-refractivity contribution < 1.29 is 23.9 Å². The van der Waals surface area contributed by atoms with Crippen LogP contribution >= 0.6 is 0 Å². The van der Waals surface area contributed by atoms with E-state index < -0.39 is 5.97 Å². The molecule has 33 heavy (non-hydrogen) atoms. The number of esters is 1. The van der Waals surface area contributed by atoms with Gasteiger partial charge in [-0.15, -0.1) is 0 Å². The van der Waals surface area contributed by atoms with Crippen LogP contribution in [-0.4, -0.2) is 54.3 Å². The molecule has 8 heteroatoms. The van der Waals surface area contributed by atoms with Crippen LogP contribution in [0.2, 0.25) is 0 Å². The van der Waals surface area contributed by atoms with E-state index in [4.69, 9.17) is 14.6 Å². The van der Waals surface area contributed by atoms with E-state index >= 15 is 0 Å². The number of aldehydes is 1. The number of rotatable bonds is 7. The molecule has 0 radical (unpaired) electrons. The van der Waals surface area contributed by atoms with Crippen molar-refractivity contribution in [3.05, 3.63) is 52.3 Å². The Morgan fingerprint density at radius 2 is 2.15 bits per heavy atom. The summed E-state index contributed by atoms with van der Waals surface area (Å²) in [4.78, 5) is 36.3. The predicted molar refractivity (Wildman–Crippen MR) is 121 cm³/mol. The maximum atomic E-state index is 12.9. The van der Waals surface area contributed by atoms with Gasteiger partial charge in [0, 0.05) is 37.8 Å². The van der Waals surface area contributed by atoms with Crippen LogP contribution in [0.25, 0.3) is 0 Å². The lowest BCUT2D eigenvalue weighted by atomic mass is 9.76. The molecular weight excluding hydrogens is 422 g/mol. The first kappa shape index (κ1) is 23.2. The van der Waals surface area contributed by atoms with E-state index in [0.29, 0.717) is 55.7 Å². The van der Waals surface area contributed by atoms with E-state index in [0.717, 1.165) is 30.7 Å². The average Bonchev–Trinajstić information content (AvgIpc) is 3.10. The Morgan fingerprint density at radius 3 is 2.88 bits per heavy atom. The van der Waals surface area contributed by atoms with Crippen LogP contribution in [0.5, 0.6) is 0 Å². The summed E-state index contributed by atoms with van der Waals surface area (Å²) >= 11 is 0. The van der Waals surface area contributed by atoms with E-state index in [2.05, 4.69) is 5.32 Å². The van der Waals surface area contributed by atoms with Crippen LogP contribution in [0.1, 0.15) is 69.2 Å². The summed E-state index contributed by atoms with van der Waals surface area (Å²) in [5.74, 6) is -0.515. The molecule has 1 atom stereocenters. The predicted octanol–water partition coefficient (Wildman–Crippen LogP) is 2.83. The zero-order chi connectivity index (χ0) is 23.4. The summed E-state index contributed by atoms with van der Waals surface area (Å²) in [7, 11) is 0. The monoisotopic (exact) mass is 453 g/mol. The van der Waals surface area contributed by atoms with Crippen molar-refractivity contribution in [3.63, 3.8) is 0 Å². The molecule has 1 amide bonds. The zero-order valence-electron chi connectivity index (χ0n) is 19.3. The van der Waals surface area contributed by atoms with E-state index in [1.165, 1.54) is 6.07 Å². The van der Waals surface area contributed by atoms with Gasteiger partial charge in [0.1, 0.15) is 6.29 Å². The average molecular weight is 454 g/mol. The summed E-state index contributed by atoms with van der Waals surface area (Å²) in [6.45, 7) is 6.83. The van der Waals surface area contributed by atoms with Gasteiger partial charge in [0.25, 0.3) is 5.91 Å². The zero-order valence-corrected chi connectivity index (χ0v) is 19.3. The molecule has 2 aromatic rings. The number of aromatic nitrogens is 2. The van der Waals surface area contributed by atoms with Crippen molar-refractivity contribution in [2.75, 3.05) is 26.4 Å². The number of ether oxygens (including phenoxy) is 2. The molecule has 1 saturated heterocycles. The van der Waals surface area contributed by atoms with Gasteiger partial charge < -0.3 is 14.8 Å². The number of benzene rings is 1. The molecule has 1 N–H and O–H groups in total. The van der Waals surface area contributed by atoms with Gasteiger partial charge in [-0.2, -0.15) is 5.10 Å². The minimum atomic E-state index is -0.459. The van der Waals surface area contributed by atoms with Gasteiger partial charge in [0.2, 0.25) is 0 Å². The highest BCUT2D eigenvalue weighted by atomic mass is 16.5. The first-order valence-electron chi connectivity index (χ1n) is 11.6. The smallest absolute Gasteiger partial charge is 0.338 e. The lowest BCUT2D eigenvalue weighted by Gasteiger charge is -2.36. The van der Waals surface area contributed by atoms with Crippen LogP contribution in [-0.2, 0) is 28.9 Å². The standard InChI is InChI=1S/C25H31N3O5/c1-3-20-22-21(12-25(16-26-23(22)30)7-9-32-10-8-25)28(27-20)13-17(2)15-33-24(31)19-6-4-5-18(11-19)14-29/h4-6,11,14,17H,3,7-10,12-13,15-16H2,1-2H3,(H,26,30). The van der Waals surface area contributed by atoms with Crippen LogP contribution in [0, 0.1) is 11.3 Å². The Labute approximate surface area is 193 Å². The molecule has 1 aromatic heterocycles. The van der Waals surface area contributed by atoms with E-state index in [-0.39, 0.29) is 23.8 Å². The molecule has 4 rings (SSSR count). The van der Waals surface area contributed by atoms with Crippen LogP contribution in [0.3, 0.4) is 0 Å². The highest BCUT2D eigenvalue weighted by molar-refractivity contribution is 5.97. The molecule has 1 unspecified atom stereocenters. The van der Waals surface area contributed by atoms with Gasteiger partial charge in [0.05, 0.1) is 29.1 Å². The number of nitrogens with one attached hydrogen (secondary N) is 1. The molecule has 0 bridgehead atoms. The maximum Gasteiger partial charge on any atom is 0.338 e. The van der Waals surface area contributed by atoms with Crippen LogP contribution in [0.4, 0.5) is 0 Å². The highest BCUT2D eigenvalue weighted by Gasteiger charge is 2.39. The molecule has 0 aliphatic carbocycles. The first-order valence-corrected chi connectivity index (χ1v) is 11.6. The third-order valence-electron chi connectivity index (χ3n) is 6.65. The van der Waals surface area contributed by atoms with Gasteiger partial charge in [-0.25, -0.2) is 4.79 Å². The van der Waals surface area contributed by atoms with Crippen LogP contribution < -0.4 is 5.32 Å². The van der Waals surface area contributed by atoms with Crippen molar-refractivity contribution in [2.24, 2.45) is 11.3 Å². The molecule has 1 spiro atoms. The summed E-state index contributed by atoms with van der Waals surface area (Å²) in [5.41, 5.74) is 3.26. The van der Waals surface area contributed by atoms with Crippen molar-refractivity contribution in [2.45, 2.75) is 46.1 Å². The Bertz CT molecular complexity index is 1040. The molecule has 3 heterocycles. The fourth-order valence-corrected chi connectivity index (χ4v) is 4.71. The number of aryl methyl sites for hydroxylation is 1. The van der Waals surface area contributed by atoms with Crippen LogP contribution in [0.15, 0.2) is 24.3 Å². The summed E-state index contributed by atoms with van der Waals surface area (Å²) in [6.07, 6.45) is 3.98. The topological polar surface area (TPSA) is 99.5 Å². The number of hydrogen-bond acceptors (Lipinski definition) is 6. The second-order valence-corrected chi connectivity index (χ2v) is 9.22. The second-order valence-electron chi connectivity index (χ2n) is 9.22. The minimum absolute atomic E-state index is 0.00568. The number of nitrogens with zero attached hydrogens (tertiary/aromatic N) is 2. The molecule has 8 nitrogen and oxygen atoms in total. The molecular formula is C25H31N3O5. The fourth-order valence-electron chi connectivity index (χ4n) is 4.71. The summed E-state index contributed by atoms with van der Waals surface area (Å²) in [6, 6.07) is 6.45. The first-order chi connectivity index (χ1) is 15.9. The maximum absolute atomic E-state index is 12.9. The van der Waals surface area contributed by atoms with Crippen molar-refractivity contribution in [1.82, 2.24) is 15.1 Å². The molecule has 1 aromatic carbocycles. The van der Waals surface area contributed by atoms with Gasteiger partial charge in [-0.05, 0) is 43.2 Å². The van der Waals surface area contributed by atoms with Gasteiger partial charge in [-0.1, -0.05) is 26.0 Å². The normalized spacial score (nSPS) is 18.2. The van der Waals surface area contributed by atoms with Gasteiger partial charge in [0.15, 0.2) is 0 Å². The molecule has 176 valence electrons. The Hall–Kier alpha value is -3.00. The van der Waals surface area contributed by atoms with Crippen molar-refractivity contribution in [1.29, 1.82) is 0 Å². The molecule has 0 saturated carbocycles. The third-order valence-corrected chi connectivity index (χ3v) is 6.65. The van der Waals surface area contributed by atoms with Crippen molar-refractivity contribution >= 4 is 18.2 Å². The van der Waals surface area contributed by atoms with Gasteiger partial charge in [-0.3, -0.25) is 14.3 Å². The highest BCUT2D eigenvalue weighted by Crippen LogP contribution is 2.37. The lowest BCUT2D eigenvalue weighted by molar-refractivity contribution is 0.0151. The number of carbonyl (C=O) groups excluding carboxylic acids is 3. The fraction of sp³-hybridized carbons (Fsp3) is 0.520. The second kappa shape index (κ2) is 9.87. The molecule has 2 aliphatic heterocycles. The Kier molecular flexibility index (Phi) is 6.93. The third kappa shape index (κ3) is 5.00. The SMILES string of the molecule is CCc1nn(CC(C)COC(=O)c2cccc(C=O)c2)c2c1C(=O)NCC1(CCOCC1)C2. The number of fused-ring (bicyclic) bond motifs is 1. The van der Waals surface area contributed by atoms with Crippen molar-refractivity contribution in [3.8, 4) is 0 Å². The Morgan fingerprint density at radius 1 is 1.36 bits per heavy atom. The summed E-state index contributed by atoms with van der Waals surface area (Å²) < 4.78 is 13.0. The minimum Gasteiger partial charge on any atom is -0.462 e. The number of hydrogen-bond donors (Lipinski definition) is 1. The van der Waals surface area contributed by atoms with E-state index in [1.807, 2.05) is 18.5 Å². The molecule has 1 fully saturated rings. The lowest BCUT2D eigenvalue weighted by Crippen LogP contribution is -2.41. The number of amides is 1. The number of carbonyl (C=O) groups is 3. The summed E-state index contributed by atoms with van der Waals surface area (Å²) in [5, 5.41) is 7.90. The van der Waals surface area contributed by atoms with E-state index in [1.54, 1.807) is 18.2 Å².